The van der Waals surface area contributed by atoms with Gasteiger partial charge in [0, 0.05) is 21.4 Å². The monoisotopic (exact) mass is 422 g/mol. The van der Waals surface area contributed by atoms with E-state index in [1.807, 2.05) is 74.6 Å². The molecule has 31 heavy (non-hydrogen) atoms. The Hall–Kier alpha value is -3.68. The van der Waals surface area contributed by atoms with Crippen LogP contribution in [0.2, 0.25) is 5.02 Å². The fraction of sp³-hybridized carbons (Fsp3) is 0.115. The number of benzene rings is 3. The van der Waals surface area contributed by atoms with E-state index in [2.05, 4.69) is 33.4 Å². The standard InChI is InChI=1S/C26H19ClN4/c1-26(2,15-28)19-8-3-17(4-9-19)25-24-21-13-18(16-5-10-20(27)11-6-16)7-12-22(21)29-14-23(24)30-31-25/h3-14H,1-2H3,(H,30,31). The average Bonchev–Trinajstić information content (AvgIpc) is 3.24. The summed E-state index contributed by atoms with van der Waals surface area (Å²) in [5.74, 6) is 0. The van der Waals surface area contributed by atoms with Crippen LogP contribution in [0.5, 0.6) is 0 Å². The highest BCUT2D eigenvalue weighted by Crippen LogP contribution is 2.35. The molecule has 2 aromatic heterocycles. The quantitative estimate of drug-likeness (QED) is 0.344. The van der Waals surface area contributed by atoms with Crippen LogP contribution in [0.15, 0.2) is 72.9 Å². The number of pyridine rings is 1. The van der Waals surface area contributed by atoms with Crippen LogP contribution in [0.4, 0.5) is 0 Å². The van der Waals surface area contributed by atoms with E-state index in [-0.39, 0.29) is 0 Å². The third-order valence-corrected chi connectivity index (χ3v) is 5.98. The van der Waals surface area contributed by atoms with Gasteiger partial charge in [-0.25, -0.2) is 0 Å². The summed E-state index contributed by atoms with van der Waals surface area (Å²) in [6.07, 6.45) is 1.82. The second kappa shape index (κ2) is 7.23. The molecule has 5 heteroatoms. The van der Waals surface area contributed by atoms with Gasteiger partial charge in [0.25, 0.3) is 0 Å². The summed E-state index contributed by atoms with van der Waals surface area (Å²) in [5.41, 5.74) is 6.30. The highest BCUT2D eigenvalue weighted by Gasteiger charge is 2.20. The lowest BCUT2D eigenvalue weighted by molar-refractivity contribution is 0.687. The SMILES string of the molecule is CC(C)(C#N)c1ccc(-c2n[nH]c3cnc4ccc(-c5ccc(Cl)cc5)cc4c23)cc1. The van der Waals surface area contributed by atoms with Crippen LogP contribution in [-0.4, -0.2) is 15.2 Å². The Morgan fingerprint density at radius 3 is 2.29 bits per heavy atom. The van der Waals surface area contributed by atoms with Crippen molar-refractivity contribution in [2.45, 2.75) is 19.3 Å². The molecule has 4 nitrogen and oxygen atoms in total. The molecular weight excluding hydrogens is 404 g/mol. The summed E-state index contributed by atoms with van der Waals surface area (Å²) in [4.78, 5) is 4.59. The first-order chi connectivity index (χ1) is 15.0. The lowest BCUT2D eigenvalue weighted by atomic mass is 9.86. The molecule has 1 N–H and O–H groups in total. The molecule has 0 fully saturated rings. The molecular formula is C26H19ClN4. The molecule has 0 aliphatic heterocycles. The van der Waals surface area contributed by atoms with Crippen molar-refractivity contribution in [3.63, 3.8) is 0 Å². The Morgan fingerprint density at radius 1 is 0.903 bits per heavy atom. The van der Waals surface area contributed by atoms with Crippen molar-refractivity contribution in [3.8, 4) is 28.5 Å². The third-order valence-electron chi connectivity index (χ3n) is 5.73. The molecule has 0 bridgehead atoms. The fourth-order valence-corrected chi connectivity index (χ4v) is 3.97. The van der Waals surface area contributed by atoms with E-state index in [1.165, 1.54) is 0 Å². The van der Waals surface area contributed by atoms with E-state index in [9.17, 15) is 5.26 Å². The summed E-state index contributed by atoms with van der Waals surface area (Å²) in [5, 5.41) is 19.9. The maximum Gasteiger partial charge on any atom is 0.101 e. The minimum atomic E-state index is -0.531. The van der Waals surface area contributed by atoms with Gasteiger partial charge in [0.15, 0.2) is 0 Å². The number of nitrogens with zero attached hydrogens (tertiary/aromatic N) is 3. The Labute approximate surface area is 185 Å². The van der Waals surface area contributed by atoms with Crippen molar-refractivity contribution in [2.75, 3.05) is 0 Å². The van der Waals surface area contributed by atoms with E-state index in [1.54, 1.807) is 0 Å². The number of aromatic nitrogens is 3. The maximum absolute atomic E-state index is 9.41. The summed E-state index contributed by atoms with van der Waals surface area (Å²) in [7, 11) is 0. The molecule has 0 spiro atoms. The Balaban J connectivity index is 1.68. The largest absolute Gasteiger partial charge is 0.276 e. The predicted octanol–water partition coefficient (Wildman–Crippen LogP) is 6.90. The van der Waals surface area contributed by atoms with E-state index >= 15 is 0 Å². The highest BCUT2D eigenvalue weighted by molar-refractivity contribution is 6.30. The van der Waals surface area contributed by atoms with E-state index < -0.39 is 5.41 Å². The first-order valence-corrected chi connectivity index (χ1v) is 10.4. The first-order valence-electron chi connectivity index (χ1n) is 10.0. The van der Waals surface area contributed by atoms with Crippen LogP contribution in [0.1, 0.15) is 19.4 Å². The van der Waals surface area contributed by atoms with Crippen LogP contribution in [-0.2, 0) is 5.41 Å². The normalized spacial score (nSPS) is 11.7. The van der Waals surface area contributed by atoms with Gasteiger partial charge in [-0.05, 0) is 54.8 Å². The van der Waals surface area contributed by atoms with Crippen molar-refractivity contribution in [1.29, 1.82) is 5.26 Å². The topological polar surface area (TPSA) is 65.4 Å². The number of fused-ring (bicyclic) bond motifs is 3. The first kappa shape index (κ1) is 19.3. The molecule has 0 atom stereocenters. The van der Waals surface area contributed by atoms with Crippen LogP contribution in [0, 0.1) is 11.3 Å². The Kier molecular flexibility index (Phi) is 4.50. The molecule has 0 aliphatic carbocycles. The van der Waals surface area contributed by atoms with Crippen molar-refractivity contribution in [3.05, 3.63) is 83.5 Å². The van der Waals surface area contributed by atoms with Gasteiger partial charge in [0.05, 0.1) is 28.7 Å². The van der Waals surface area contributed by atoms with Crippen LogP contribution >= 0.6 is 11.6 Å². The van der Waals surface area contributed by atoms with Gasteiger partial charge in [-0.2, -0.15) is 10.4 Å². The molecule has 150 valence electrons. The number of rotatable bonds is 3. The molecule has 2 heterocycles. The zero-order chi connectivity index (χ0) is 21.6. The number of hydrogen-bond donors (Lipinski definition) is 1. The predicted molar refractivity (Wildman–Crippen MR) is 126 cm³/mol. The smallest absolute Gasteiger partial charge is 0.101 e. The molecule has 5 aromatic rings. The molecule has 0 aliphatic rings. The van der Waals surface area contributed by atoms with E-state index in [4.69, 9.17) is 11.6 Å². The zero-order valence-corrected chi connectivity index (χ0v) is 17.9. The van der Waals surface area contributed by atoms with E-state index in [0.717, 1.165) is 49.8 Å². The van der Waals surface area contributed by atoms with Crippen molar-refractivity contribution in [2.24, 2.45) is 0 Å². The lowest BCUT2D eigenvalue weighted by Crippen LogP contribution is -2.13. The van der Waals surface area contributed by atoms with Crippen LogP contribution in [0.25, 0.3) is 44.2 Å². The van der Waals surface area contributed by atoms with Gasteiger partial charge in [-0.15, -0.1) is 0 Å². The second-order valence-corrected chi connectivity index (χ2v) is 8.61. The number of nitriles is 1. The fourth-order valence-electron chi connectivity index (χ4n) is 3.84. The minimum absolute atomic E-state index is 0.531. The highest BCUT2D eigenvalue weighted by atomic mass is 35.5. The summed E-state index contributed by atoms with van der Waals surface area (Å²) in [6, 6.07) is 24.5. The molecule has 5 rings (SSSR count). The van der Waals surface area contributed by atoms with Gasteiger partial charge < -0.3 is 0 Å². The zero-order valence-electron chi connectivity index (χ0n) is 17.1. The Morgan fingerprint density at radius 2 is 1.58 bits per heavy atom. The summed E-state index contributed by atoms with van der Waals surface area (Å²) >= 11 is 6.05. The molecule has 0 amide bonds. The van der Waals surface area contributed by atoms with Crippen molar-refractivity contribution in [1.82, 2.24) is 15.2 Å². The van der Waals surface area contributed by atoms with Gasteiger partial charge in [0.2, 0.25) is 0 Å². The number of halogens is 1. The van der Waals surface area contributed by atoms with Crippen LogP contribution in [0.3, 0.4) is 0 Å². The molecule has 0 radical (unpaired) electrons. The Bertz CT molecular complexity index is 1460. The van der Waals surface area contributed by atoms with Gasteiger partial charge in [-0.1, -0.05) is 54.1 Å². The summed E-state index contributed by atoms with van der Waals surface area (Å²) in [6.45, 7) is 3.84. The third kappa shape index (κ3) is 3.34. The second-order valence-electron chi connectivity index (χ2n) is 8.17. The number of nitrogens with one attached hydrogen (secondary N) is 1. The number of H-pyrrole nitrogens is 1. The average molecular weight is 423 g/mol. The minimum Gasteiger partial charge on any atom is -0.276 e. The number of hydrogen-bond acceptors (Lipinski definition) is 3. The molecule has 0 saturated carbocycles. The number of aromatic amines is 1. The molecule has 3 aromatic carbocycles. The maximum atomic E-state index is 9.41. The summed E-state index contributed by atoms with van der Waals surface area (Å²) < 4.78 is 0. The van der Waals surface area contributed by atoms with Gasteiger partial charge in [-0.3, -0.25) is 10.1 Å². The van der Waals surface area contributed by atoms with E-state index in [0.29, 0.717) is 5.02 Å². The van der Waals surface area contributed by atoms with Crippen molar-refractivity contribution < 1.29 is 0 Å². The molecule has 0 unspecified atom stereocenters. The lowest BCUT2D eigenvalue weighted by Gasteiger charge is -2.15. The van der Waals surface area contributed by atoms with Gasteiger partial charge >= 0.3 is 0 Å². The molecule has 0 saturated heterocycles. The van der Waals surface area contributed by atoms with Gasteiger partial charge in [0.1, 0.15) is 5.69 Å². The van der Waals surface area contributed by atoms with Crippen molar-refractivity contribution >= 4 is 33.4 Å². The van der Waals surface area contributed by atoms with Crippen LogP contribution < -0.4 is 0 Å².